The van der Waals surface area contributed by atoms with Crippen molar-refractivity contribution < 1.29 is 9.90 Å². The predicted molar refractivity (Wildman–Crippen MR) is 165 cm³/mol. The average molecular weight is 641 g/mol. The van der Waals surface area contributed by atoms with E-state index in [0.29, 0.717) is 0 Å². The van der Waals surface area contributed by atoms with Crippen molar-refractivity contribution in [3.05, 3.63) is 58.5 Å². The number of aromatic nitrogens is 3. The molecule has 0 atom stereocenters. The molecular formula is C30H37IN6O2. The van der Waals surface area contributed by atoms with Gasteiger partial charge >= 0.3 is 5.97 Å². The maximum Gasteiger partial charge on any atom is 0.307 e. The number of pyridine rings is 1. The molecule has 206 valence electrons. The summed E-state index contributed by atoms with van der Waals surface area (Å²) >= 11 is 2.57. The van der Waals surface area contributed by atoms with E-state index in [4.69, 9.17) is 9.97 Å². The Morgan fingerprint density at radius 2 is 1.79 bits per heavy atom. The first kappa shape index (κ1) is 27.6. The van der Waals surface area contributed by atoms with Gasteiger partial charge in [-0.1, -0.05) is 47.7 Å². The summed E-state index contributed by atoms with van der Waals surface area (Å²) in [7, 11) is 3.98. The van der Waals surface area contributed by atoms with Gasteiger partial charge in [0.15, 0.2) is 0 Å². The molecule has 0 saturated carbocycles. The van der Waals surface area contributed by atoms with E-state index in [-0.39, 0.29) is 9.84 Å². The van der Waals surface area contributed by atoms with Crippen LogP contribution in [0.25, 0.3) is 11.1 Å². The van der Waals surface area contributed by atoms with Crippen molar-refractivity contribution in [1.82, 2.24) is 15.0 Å². The minimum Gasteiger partial charge on any atom is -0.481 e. The Labute approximate surface area is 244 Å². The molecule has 4 heterocycles. The van der Waals surface area contributed by atoms with Crippen LogP contribution in [0.5, 0.6) is 0 Å². The van der Waals surface area contributed by atoms with Crippen LogP contribution in [0.2, 0.25) is 0 Å². The van der Waals surface area contributed by atoms with Gasteiger partial charge in [-0.2, -0.15) is 4.98 Å². The van der Waals surface area contributed by atoms with E-state index in [1.54, 1.807) is 0 Å². The van der Waals surface area contributed by atoms with Gasteiger partial charge in [-0.15, -0.1) is 0 Å². The highest BCUT2D eigenvalue weighted by molar-refractivity contribution is 14.1. The standard InChI is InChI=1S/C30H37IN6O2/c1-19-24(17-26(38)39)28(36-14-10-30(3,31)11-15-36)27(20(2)33-19)22-6-7-23-18-37(13-9-21(23)16-22)29-32-12-8-25(34-29)35(4)5/h6-8,12,16H,9-11,13-15,17-18H2,1-5H3,(H,38,39). The molecule has 0 spiro atoms. The summed E-state index contributed by atoms with van der Waals surface area (Å²) < 4.78 is 0.270. The molecule has 8 nitrogen and oxygen atoms in total. The number of alkyl halides is 1. The number of benzene rings is 1. The molecule has 1 N–H and O–H groups in total. The summed E-state index contributed by atoms with van der Waals surface area (Å²) in [5.74, 6) is 0.828. The van der Waals surface area contributed by atoms with E-state index in [0.717, 1.165) is 91.0 Å². The SMILES string of the molecule is Cc1nc(C)c(-c2ccc3c(c2)CCN(c2nccc(N(C)C)n2)C3)c(N2CCC(C)(I)CC2)c1CC(=O)O. The molecule has 0 amide bonds. The quantitative estimate of drug-likeness (QED) is 0.291. The summed E-state index contributed by atoms with van der Waals surface area (Å²) in [4.78, 5) is 32.7. The Hall–Kier alpha value is -2.95. The normalized spacial score (nSPS) is 16.7. The number of carboxylic acids is 1. The third-order valence-corrected chi connectivity index (χ3v) is 9.06. The van der Waals surface area contributed by atoms with Crippen LogP contribution in [-0.2, 0) is 24.2 Å². The van der Waals surface area contributed by atoms with Gasteiger partial charge in [0, 0.05) is 72.4 Å². The lowest BCUT2D eigenvalue weighted by atomic mass is 9.89. The Morgan fingerprint density at radius 3 is 2.49 bits per heavy atom. The molecule has 1 fully saturated rings. The van der Waals surface area contributed by atoms with Gasteiger partial charge in [0.1, 0.15) is 5.82 Å². The number of halogens is 1. The van der Waals surface area contributed by atoms with Gasteiger partial charge < -0.3 is 19.8 Å². The molecule has 0 aliphatic carbocycles. The maximum absolute atomic E-state index is 11.9. The molecule has 5 rings (SSSR count). The third kappa shape index (κ3) is 5.83. The smallest absolute Gasteiger partial charge is 0.307 e. The molecule has 2 aliphatic heterocycles. The molecule has 1 saturated heterocycles. The Kier molecular flexibility index (Phi) is 7.72. The Morgan fingerprint density at radius 1 is 1.05 bits per heavy atom. The molecular weight excluding hydrogens is 603 g/mol. The number of carbonyl (C=O) groups is 1. The average Bonchev–Trinajstić information content (AvgIpc) is 2.89. The number of nitrogens with zero attached hydrogens (tertiary/aromatic N) is 6. The highest BCUT2D eigenvalue weighted by atomic mass is 127. The zero-order valence-corrected chi connectivity index (χ0v) is 25.6. The van der Waals surface area contributed by atoms with Crippen LogP contribution in [0.4, 0.5) is 17.5 Å². The van der Waals surface area contributed by atoms with E-state index in [1.807, 2.05) is 38.2 Å². The molecule has 0 unspecified atom stereocenters. The fourth-order valence-corrected chi connectivity index (χ4v) is 6.22. The highest BCUT2D eigenvalue weighted by Crippen LogP contribution is 2.42. The summed E-state index contributed by atoms with van der Waals surface area (Å²) in [6.07, 6.45) is 4.83. The summed E-state index contributed by atoms with van der Waals surface area (Å²) in [5, 5.41) is 9.79. The van der Waals surface area contributed by atoms with Gasteiger partial charge in [0.25, 0.3) is 0 Å². The van der Waals surface area contributed by atoms with Crippen molar-refractivity contribution in [1.29, 1.82) is 0 Å². The zero-order valence-electron chi connectivity index (χ0n) is 23.5. The summed E-state index contributed by atoms with van der Waals surface area (Å²) in [6, 6.07) is 8.61. The Bertz CT molecular complexity index is 1400. The molecule has 39 heavy (non-hydrogen) atoms. The number of rotatable bonds is 6. The number of hydrogen-bond donors (Lipinski definition) is 1. The minimum absolute atomic E-state index is 0.0225. The lowest BCUT2D eigenvalue weighted by Gasteiger charge is -2.39. The van der Waals surface area contributed by atoms with Crippen molar-refractivity contribution in [3.63, 3.8) is 0 Å². The largest absolute Gasteiger partial charge is 0.481 e. The van der Waals surface area contributed by atoms with Crippen LogP contribution in [0.15, 0.2) is 30.5 Å². The molecule has 2 aromatic heterocycles. The molecule has 3 aromatic rings. The third-order valence-electron chi connectivity index (χ3n) is 7.98. The molecule has 1 aromatic carbocycles. The van der Waals surface area contributed by atoms with Crippen LogP contribution in [-0.4, -0.2) is 63.2 Å². The number of fused-ring (bicyclic) bond motifs is 1. The second kappa shape index (κ2) is 10.9. The predicted octanol–water partition coefficient (Wildman–Crippen LogP) is 5.21. The molecule has 0 radical (unpaired) electrons. The molecule has 2 aliphatic rings. The summed E-state index contributed by atoms with van der Waals surface area (Å²) in [6.45, 7) is 9.73. The first-order chi connectivity index (χ1) is 18.5. The number of aliphatic carboxylic acids is 1. The van der Waals surface area contributed by atoms with Crippen molar-refractivity contribution in [2.24, 2.45) is 0 Å². The van der Waals surface area contributed by atoms with Gasteiger partial charge in [-0.25, -0.2) is 4.98 Å². The lowest BCUT2D eigenvalue weighted by molar-refractivity contribution is -0.136. The monoisotopic (exact) mass is 640 g/mol. The van der Waals surface area contributed by atoms with Crippen LogP contribution in [0, 0.1) is 13.8 Å². The second-order valence-corrected chi connectivity index (χ2v) is 13.8. The van der Waals surface area contributed by atoms with E-state index in [1.165, 1.54) is 11.1 Å². The fourth-order valence-electron chi connectivity index (χ4n) is 5.74. The zero-order chi connectivity index (χ0) is 27.9. The number of carboxylic acid groups (broad SMARTS) is 1. The van der Waals surface area contributed by atoms with Crippen molar-refractivity contribution >= 4 is 46.0 Å². The minimum atomic E-state index is -0.822. The first-order valence-electron chi connectivity index (χ1n) is 13.6. The highest BCUT2D eigenvalue weighted by Gasteiger charge is 2.31. The molecule has 9 heteroatoms. The van der Waals surface area contributed by atoms with E-state index < -0.39 is 5.97 Å². The lowest BCUT2D eigenvalue weighted by Crippen LogP contribution is -2.40. The number of piperidine rings is 1. The topological polar surface area (TPSA) is 85.7 Å². The van der Waals surface area contributed by atoms with Crippen LogP contribution >= 0.6 is 22.6 Å². The van der Waals surface area contributed by atoms with Gasteiger partial charge in [-0.3, -0.25) is 9.78 Å². The van der Waals surface area contributed by atoms with E-state index >= 15 is 0 Å². The van der Waals surface area contributed by atoms with Crippen LogP contribution in [0.1, 0.15) is 47.8 Å². The van der Waals surface area contributed by atoms with E-state index in [9.17, 15) is 9.90 Å². The van der Waals surface area contributed by atoms with E-state index in [2.05, 4.69) is 69.4 Å². The fraction of sp³-hybridized carbons (Fsp3) is 0.467. The van der Waals surface area contributed by atoms with Crippen LogP contribution < -0.4 is 14.7 Å². The van der Waals surface area contributed by atoms with Gasteiger partial charge in [0.2, 0.25) is 5.95 Å². The van der Waals surface area contributed by atoms with Crippen LogP contribution in [0.3, 0.4) is 0 Å². The molecule has 0 bridgehead atoms. The maximum atomic E-state index is 11.9. The van der Waals surface area contributed by atoms with Gasteiger partial charge in [-0.05, 0) is 55.9 Å². The van der Waals surface area contributed by atoms with Crippen molar-refractivity contribution in [3.8, 4) is 11.1 Å². The number of hydrogen-bond acceptors (Lipinski definition) is 7. The number of aryl methyl sites for hydroxylation is 2. The second-order valence-electron chi connectivity index (χ2n) is 11.2. The van der Waals surface area contributed by atoms with Crippen molar-refractivity contribution in [2.75, 3.05) is 48.4 Å². The Balaban J connectivity index is 1.52. The van der Waals surface area contributed by atoms with Crippen molar-refractivity contribution in [2.45, 2.75) is 56.4 Å². The summed E-state index contributed by atoms with van der Waals surface area (Å²) in [5.41, 5.74) is 8.42. The number of anilines is 3. The first-order valence-corrected chi connectivity index (χ1v) is 14.6. The van der Waals surface area contributed by atoms with Gasteiger partial charge in [0.05, 0.1) is 12.1 Å².